The van der Waals surface area contributed by atoms with E-state index in [0.29, 0.717) is 0 Å². The van der Waals surface area contributed by atoms with E-state index in [-0.39, 0.29) is 0 Å². The average molecular weight is 259 g/mol. The van der Waals surface area contributed by atoms with E-state index in [9.17, 15) is 0 Å². The summed E-state index contributed by atoms with van der Waals surface area (Å²) in [6, 6.07) is 0. The SMILES string of the molecule is C=C(CC)N(C)/C=C\C=C(/C)C1=C(CC)CCCC1. The summed E-state index contributed by atoms with van der Waals surface area (Å²) in [4.78, 5) is 2.10. The third-order valence-corrected chi connectivity index (χ3v) is 4.05. The number of hydrogen-bond acceptors (Lipinski definition) is 1. The number of hydrogen-bond donors (Lipinski definition) is 0. The molecule has 0 unspecified atom stereocenters. The van der Waals surface area contributed by atoms with Crippen molar-refractivity contribution >= 4 is 0 Å². The minimum absolute atomic E-state index is 0.995. The van der Waals surface area contributed by atoms with Crippen molar-refractivity contribution in [2.45, 2.75) is 59.3 Å². The van der Waals surface area contributed by atoms with Crippen LogP contribution in [0.25, 0.3) is 0 Å². The second-order valence-corrected chi connectivity index (χ2v) is 5.36. The van der Waals surface area contributed by atoms with E-state index in [1.807, 2.05) is 0 Å². The van der Waals surface area contributed by atoms with Gasteiger partial charge in [0.15, 0.2) is 0 Å². The molecular weight excluding hydrogens is 230 g/mol. The largest absolute Gasteiger partial charge is 0.355 e. The predicted molar refractivity (Wildman–Crippen MR) is 85.9 cm³/mol. The van der Waals surface area contributed by atoms with Gasteiger partial charge in [-0.25, -0.2) is 0 Å². The molecule has 0 N–H and O–H groups in total. The van der Waals surface area contributed by atoms with Crippen molar-refractivity contribution < 1.29 is 0 Å². The Balaban J connectivity index is 2.73. The maximum absolute atomic E-state index is 4.03. The summed E-state index contributed by atoms with van der Waals surface area (Å²) in [5, 5.41) is 0. The summed E-state index contributed by atoms with van der Waals surface area (Å²) in [5.74, 6) is 0. The normalized spacial score (nSPS) is 17.2. The molecule has 0 radical (unpaired) electrons. The first-order valence-electron chi connectivity index (χ1n) is 7.57. The highest BCUT2D eigenvalue weighted by molar-refractivity contribution is 5.37. The first-order chi connectivity index (χ1) is 9.10. The van der Waals surface area contributed by atoms with Gasteiger partial charge in [-0.3, -0.25) is 0 Å². The first kappa shape index (κ1) is 15.8. The monoisotopic (exact) mass is 259 g/mol. The van der Waals surface area contributed by atoms with E-state index < -0.39 is 0 Å². The molecule has 0 saturated heterocycles. The van der Waals surface area contributed by atoms with Gasteiger partial charge in [0, 0.05) is 18.9 Å². The minimum atomic E-state index is 0.995. The topological polar surface area (TPSA) is 3.24 Å². The van der Waals surface area contributed by atoms with Crippen LogP contribution in [0.4, 0.5) is 0 Å². The van der Waals surface area contributed by atoms with Crippen molar-refractivity contribution in [3.8, 4) is 0 Å². The van der Waals surface area contributed by atoms with E-state index in [2.05, 4.69) is 57.6 Å². The maximum atomic E-state index is 4.03. The summed E-state index contributed by atoms with van der Waals surface area (Å²) < 4.78 is 0. The minimum Gasteiger partial charge on any atom is -0.355 e. The van der Waals surface area contributed by atoms with Crippen molar-refractivity contribution in [2.75, 3.05) is 7.05 Å². The Morgan fingerprint density at radius 1 is 1.26 bits per heavy atom. The lowest BCUT2D eigenvalue weighted by Gasteiger charge is -2.20. The fraction of sp³-hybridized carbons (Fsp3) is 0.556. The van der Waals surface area contributed by atoms with Gasteiger partial charge in [-0.15, -0.1) is 0 Å². The van der Waals surface area contributed by atoms with Crippen LogP contribution in [0.5, 0.6) is 0 Å². The fourth-order valence-corrected chi connectivity index (χ4v) is 2.61. The second kappa shape index (κ2) is 8.04. The Morgan fingerprint density at radius 3 is 2.58 bits per heavy atom. The molecule has 0 amide bonds. The summed E-state index contributed by atoms with van der Waals surface area (Å²) in [6.45, 7) is 10.7. The molecule has 1 nitrogen and oxygen atoms in total. The number of allylic oxidation sites excluding steroid dienone is 6. The Labute approximate surface area is 119 Å². The lowest BCUT2D eigenvalue weighted by Crippen LogP contribution is -2.07. The van der Waals surface area contributed by atoms with Gasteiger partial charge in [-0.1, -0.05) is 32.1 Å². The highest BCUT2D eigenvalue weighted by Gasteiger charge is 2.11. The third kappa shape index (κ3) is 4.74. The molecule has 0 aliphatic heterocycles. The van der Waals surface area contributed by atoms with Crippen molar-refractivity contribution in [3.63, 3.8) is 0 Å². The first-order valence-corrected chi connectivity index (χ1v) is 7.57. The van der Waals surface area contributed by atoms with E-state index >= 15 is 0 Å². The second-order valence-electron chi connectivity index (χ2n) is 5.36. The van der Waals surface area contributed by atoms with Crippen molar-refractivity contribution in [3.05, 3.63) is 47.3 Å². The molecule has 0 aromatic heterocycles. The summed E-state index contributed by atoms with van der Waals surface area (Å²) in [5.41, 5.74) is 5.85. The molecule has 106 valence electrons. The molecule has 19 heavy (non-hydrogen) atoms. The lowest BCUT2D eigenvalue weighted by atomic mass is 9.86. The standard InChI is InChI=1S/C18H29N/c1-6-16(4)19(5)14-10-11-15(3)18-13-9-8-12-17(18)7-2/h10-11,14H,4,6-9,12-13H2,1-3,5H3/b14-10-,15-11+. The molecule has 0 fully saturated rings. The van der Waals surface area contributed by atoms with E-state index in [1.165, 1.54) is 37.7 Å². The van der Waals surface area contributed by atoms with Crippen LogP contribution in [-0.4, -0.2) is 11.9 Å². The van der Waals surface area contributed by atoms with Crippen LogP contribution in [0.1, 0.15) is 59.3 Å². The molecule has 1 aliphatic rings. The Kier molecular flexibility index (Phi) is 6.69. The molecular formula is C18H29N. The van der Waals surface area contributed by atoms with Crippen LogP contribution in [0.2, 0.25) is 0 Å². The zero-order chi connectivity index (χ0) is 14.3. The average Bonchev–Trinajstić information content (AvgIpc) is 2.45. The predicted octanol–water partition coefficient (Wildman–Crippen LogP) is 5.58. The Hall–Kier alpha value is -1.24. The van der Waals surface area contributed by atoms with Crippen molar-refractivity contribution in [1.82, 2.24) is 4.90 Å². The molecule has 0 heterocycles. The van der Waals surface area contributed by atoms with Crippen LogP contribution >= 0.6 is 0 Å². The lowest BCUT2D eigenvalue weighted by molar-refractivity contribution is 0.550. The molecule has 0 spiro atoms. The fourth-order valence-electron chi connectivity index (χ4n) is 2.61. The summed E-state index contributed by atoms with van der Waals surface area (Å²) in [6.07, 6.45) is 14.0. The van der Waals surface area contributed by atoms with Crippen LogP contribution in [-0.2, 0) is 0 Å². The smallest absolute Gasteiger partial charge is 0.0109 e. The van der Waals surface area contributed by atoms with Gasteiger partial charge >= 0.3 is 0 Å². The van der Waals surface area contributed by atoms with E-state index in [1.54, 1.807) is 11.1 Å². The summed E-state index contributed by atoms with van der Waals surface area (Å²) in [7, 11) is 2.06. The molecule has 1 aliphatic carbocycles. The van der Waals surface area contributed by atoms with Gasteiger partial charge in [0.1, 0.15) is 0 Å². The number of nitrogens with zero attached hydrogens (tertiary/aromatic N) is 1. The van der Waals surface area contributed by atoms with Gasteiger partial charge in [-0.2, -0.15) is 0 Å². The van der Waals surface area contributed by atoms with E-state index in [0.717, 1.165) is 12.1 Å². The van der Waals surface area contributed by atoms with Crippen molar-refractivity contribution in [1.29, 1.82) is 0 Å². The van der Waals surface area contributed by atoms with E-state index in [4.69, 9.17) is 0 Å². The van der Waals surface area contributed by atoms with Gasteiger partial charge in [-0.05, 0) is 62.7 Å². The van der Waals surface area contributed by atoms with Gasteiger partial charge in [0.2, 0.25) is 0 Å². The van der Waals surface area contributed by atoms with Crippen LogP contribution < -0.4 is 0 Å². The molecule has 0 aromatic carbocycles. The molecule has 0 atom stereocenters. The zero-order valence-corrected chi connectivity index (χ0v) is 13.1. The molecule has 1 heteroatoms. The van der Waals surface area contributed by atoms with Crippen molar-refractivity contribution in [2.24, 2.45) is 0 Å². The van der Waals surface area contributed by atoms with Crippen LogP contribution in [0.3, 0.4) is 0 Å². The molecule has 1 rings (SSSR count). The number of rotatable bonds is 6. The maximum Gasteiger partial charge on any atom is 0.0109 e. The third-order valence-electron chi connectivity index (χ3n) is 4.05. The van der Waals surface area contributed by atoms with Crippen LogP contribution in [0.15, 0.2) is 47.3 Å². The molecule has 0 aromatic rings. The molecule has 0 bridgehead atoms. The highest BCUT2D eigenvalue weighted by atomic mass is 15.1. The summed E-state index contributed by atoms with van der Waals surface area (Å²) >= 11 is 0. The van der Waals surface area contributed by atoms with Crippen LogP contribution in [0, 0.1) is 0 Å². The molecule has 0 saturated carbocycles. The van der Waals surface area contributed by atoms with Gasteiger partial charge in [0.05, 0.1) is 0 Å². The quantitative estimate of drug-likeness (QED) is 0.563. The van der Waals surface area contributed by atoms with Gasteiger partial charge in [0.25, 0.3) is 0 Å². The zero-order valence-electron chi connectivity index (χ0n) is 13.1. The Morgan fingerprint density at radius 2 is 1.95 bits per heavy atom. The Bertz CT molecular complexity index is 396. The van der Waals surface area contributed by atoms with Gasteiger partial charge < -0.3 is 4.90 Å². The highest BCUT2D eigenvalue weighted by Crippen LogP contribution is 2.31.